The summed E-state index contributed by atoms with van der Waals surface area (Å²) in [6, 6.07) is 7.84. The smallest absolute Gasteiger partial charge is 0.258 e. The maximum absolute atomic E-state index is 14.6. The van der Waals surface area contributed by atoms with Crippen LogP contribution in [0.25, 0.3) is 5.70 Å². The first-order valence-electron chi connectivity index (χ1n) is 26.7. The van der Waals surface area contributed by atoms with Crippen molar-refractivity contribution in [2.24, 2.45) is 0 Å². The molecule has 1 atom stereocenters. The van der Waals surface area contributed by atoms with E-state index >= 15 is 0 Å². The molecule has 0 spiro atoms. The number of carbonyl (C=O) groups excluding carboxylic acids is 8. The van der Waals surface area contributed by atoms with Gasteiger partial charge in [-0.25, -0.2) is 0 Å². The summed E-state index contributed by atoms with van der Waals surface area (Å²) in [5.74, 6) is -13.6. The highest BCUT2D eigenvalue weighted by atomic mass is 16.5. The Hall–Kier alpha value is -9.38. The van der Waals surface area contributed by atoms with Gasteiger partial charge in [0, 0.05) is 98.6 Å². The molecule has 0 aliphatic heterocycles. The van der Waals surface area contributed by atoms with Crippen molar-refractivity contribution in [2.45, 2.75) is 38.6 Å². The summed E-state index contributed by atoms with van der Waals surface area (Å²) in [5, 5.41) is 103. The average molecular weight is 1190 g/mol. The summed E-state index contributed by atoms with van der Waals surface area (Å²) < 4.78 is 19.8. The van der Waals surface area contributed by atoms with E-state index in [0.29, 0.717) is 13.2 Å². The molecule has 462 valence electrons. The number of carbonyl (C=O) groups is 8. The highest BCUT2D eigenvalue weighted by molar-refractivity contribution is 6.06. The van der Waals surface area contributed by atoms with Gasteiger partial charge in [-0.2, -0.15) is 0 Å². The Morgan fingerprint density at radius 3 is 1.05 bits per heavy atom. The fraction of sp³-hybridized carbons (Fsp3) is 0.404. The Morgan fingerprint density at radius 1 is 0.400 bits per heavy atom. The number of phenolic OH excluding ortho intramolecular Hbond substituents is 8. The predicted molar refractivity (Wildman–Crippen MR) is 305 cm³/mol. The van der Waals surface area contributed by atoms with Gasteiger partial charge in [0.25, 0.3) is 41.4 Å². The van der Waals surface area contributed by atoms with Crippen molar-refractivity contribution in [3.8, 4) is 46.0 Å². The topological polar surface area (TPSA) is 414 Å². The summed E-state index contributed by atoms with van der Waals surface area (Å²) in [5.41, 5.74) is -2.45. The second-order valence-corrected chi connectivity index (χ2v) is 18.9. The maximum atomic E-state index is 14.6. The Bertz CT molecular complexity index is 3060. The van der Waals surface area contributed by atoms with Gasteiger partial charge >= 0.3 is 0 Å². The molecule has 0 saturated carbocycles. The zero-order valence-corrected chi connectivity index (χ0v) is 47.8. The number of Topliss-reactive ketones (excluding diaryl/α,β-unsaturated/α-hetero) is 1. The lowest BCUT2D eigenvalue weighted by molar-refractivity contribution is -0.121. The Kier molecular flexibility index (Phi) is 27.0. The molecule has 1 unspecified atom stereocenters. The van der Waals surface area contributed by atoms with Gasteiger partial charge in [-0.15, -0.1) is 0 Å². The van der Waals surface area contributed by atoms with Gasteiger partial charge in [0.05, 0.1) is 71.4 Å². The van der Waals surface area contributed by atoms with Crippen LogP contribution in [0, 0.1) is 0 Å². The number of ether oxygens (including phenoxy) is 4. The van der Waals surface area contributed by atoms with Crippen LogP contribution in [0.5, 0.6) is 46.0 Å². The summed E-state index contributed by atoms with van der Waals surface area (Å²) in [7, 11) is 5.72. The van der Waals surface area contributed by atoms with E-state index in [1.54, 1.807) is 0 Å². The third-order valence-corrected chi connectivity index (χ3v) is 13.1. The molecular formula is C57H74N8O20. The van der Waals surface area contributed by atoms with Crippen LogP contribution < -0.4 is 31.9 Å². The third kappa shape index (κ3) is 18.3. The number of aromatic hydroxyl groups is 8. The molecule has 0 aliphatic carbocycles. The van der Waals surface area contributed by atoms with Gasteiger partial charge in [0.1, 0.15) is 0 Å². The molecule has 0 bridgehead atoms. The van der Waals surface area contributed by atoms with Crippen LogP contribution >= 0.6 is 0 Å². The molecule has 0 saturated heterocycles. The van der Waals surface area contributed by atoms with E-state index in [1.165, 1.54) is 52.4 Å². The zero-order valence-electron chi connectivity index (χ0n) is 47.8. The van der Waals surface area contributed by atoms with Crippen LogP contribution in [0.15, 0.2) is 55.1 Å². The van der Waals surface area contributed by atoms with Crippen molar-refractivity contribution in [1.82, 2.24) is 41.7 Å². The minimum absolute atomic E-state index is 0.0322. The van der Waals surface area contributed by atoms with Crippen LogP contribution in [0.1, 0.15) is 111 Å². The van der Waals surface area contributed by atoms with Gasteiger partial charge in [-0.1, -0.05) is 6.58 Å². The highest BCUT2D eigenvalue weighted by Gasteiger charge is 2.33. The second kappa shape index (κ2) is 33.7. The number of rotatable bonds is 35. The number of nitrogens with zero attached hydrogens (tertiary/aromatic N) is 2. The number of hydrogen-bond acceptors (Lipinski definition) is 21. The number of ketones is 1. The lowest BCUT2D eigenvalue weighted by Crippen LogP contribution is -2.46. The van der Waals surface area contributed by atoms with Gasteiger partial charge < -0.3 is 102 Å². The summed E-state index contributed by atoms with van der Waals surface area (Å²) >= 11 is 0. The molecule has 4 aromatic carbocycles. The molecule has 28 nitrogen and oxygen atoms in total. The van der Waals surface area contributed by atoms with Crippen LogP contribution in [-0.4, -0.2) is 218 Å². The zero-order chi connectivity index (χ0) is 62.9. The normalized spacial score (nSPS) is 11.2. The van der Waals surface area contributed by atoms with E-state index in [4.69, 9.17) is 18.9 Å². The van der Waals surface area contributed by atoms with Crippen LogP contribution in [0.2, 0.25) is 0 Å². The SMILES string of the molecule is C=C(NCCOC)c1ccc(C(=O)NCCCN(C(=O)c2ccc(C(=O)NCCOC)c(O)c2O)C(CCCN(CCCNC(=O)c2ccc(C(=O)NCCOC)c(O)c2O)C(=O)c2ccc(C(=O)NCCOC)c(O)c2O)C(C)=O)c(O)c1O. The quantitative estimate of drug-likeness (QED) is 0.0230. The van der Waals surface area contributed by atoms with Gasteiger partial charge in [0.2, 0.25) is 0 Å². The van der Waals surface area contributed by atoms with Crippen molar-refractivity contribution in [1.29, 1.82) is 0 Å². The monoisotopic (exact) mass is 1190 g/mol. The number of nitrogens with one attached hydrogen (secondary N) is 6. The average Bonchev–Trinajstić information content (AvgIpc) is 3.63. The minimum Gasteiger partial charge on any atom is -0.504 e. The fourth-order valence-electron chi connectivity index (χ4n) is 8.51. The number of phenols is 8. The Morgan fingerprint density at radius 2 is 0.682 bits per heavy atom. The number of benzene rings is 4. The molecule has 4 aromatic rings. The lowest BCUT2D eigenvalue weighted by atomic mass is 10.0. The first-order chi connectivity index (χ1) is 40.6. The first-order valence-corrected chi connectivity index (χ1v) is 26.7. The molecule has 0 radical (unpaired) electrons. The number of amides is 7. The van der Waals surface area contributed by atoms with Crippen LogP contribution in [-0.2, 0) is 23.7 Å². The molecule has 85 heavy (non-hydrogen) atoms. The molecule has 0 aromatic heterocycles. The third-order valence-electron chi connectivity index (χ3n) is 13.1. The van der Waals surface area contributed by atoms with E-state index in [0.717, 1.165) is 41.3 Å². The molecule has 7 amide bonds. The fourth-order valence-corrected chi connectivity index (χ4v) is 8.51. The molecule has 0 fully saturated rings. The summed E-state index contributed by atoms with van der Waals surface area (Å²) in [4.78, 5) is 110. The van der Waals surface area contributed by atoms with Crippen LogP contribution in [0.4, 0.5) is 0 Å². The van der Waals surface area contributed by atoms with Crippen molar-refractivity contribution in [3.63, 3.8) is 0 Å². The largest absolute Gasteiger partial charge is 0.504 e. The van der Waals surface area contributed by atoms with E-state index in [9.17, 15) is 79.2 Å². The molecule has 28 heteroatoms. The molecule has 0 heterocycles. The van der Waals surface area contributed by atoms with E-state index in [1.807, 2.05) is 0 Å². The molecular weight excluding hydrogens is 1120 g/mol. The molecule has 0 aliphatic rings. The van der Waals surface area contributed by atoms with E-state index in [-0.39, 0.29) is 126 Å². The van der Waals surface area contributed by atoms with Gasteiger partial charge in [0.15, 0.2) is 51.8 Å². The Labute approximate surface area is 489 Å². The lowest BCUT2D eigenvalue weighted by Gasteiger charge is -2.32. The van der Waals surface area contributed by atoms with Crippen molar-refractivity contribution in [3.05, 3.63) is 99.6 Å². The summed E-state index contributed by atoms with van der Waals surface area (Å²) in [6.07, 6.45) is -0.439. The number of hydrogen-bond donors (Lipinski definition) is 14. The predicted octanol–water partition coefficient (Wildman–Crippen LogP) is 1.63. The summed E-state index contributed by atoms with van der Waals surface area (Å²) in [6.45, 7) is 5.03. The second-order valence-electron chi connectivity index (χ2n) is 18.9. The van der Waals surface area contributed by atoms with Gasteiger partial charge in [-0.3, -0.25) is 38.4 Å². The standard InChI is InChI=1S/C57H74N8O20/c1-32(58-21-28-82-3)34-11-12-35(44(68)43(34)67)51(75)60-20-9-27-65(57(81)41-18-16-39(48(72)50(41)74)55(79)63-24-31-85-6)42(33(2)66)10-7-25-64(56(80)40-17-15-38(47(71)49(40)73)54(78)62-23-30-84-5)26-8-19-59-52(76)36-13-14-37(46(70)45(36)69)53(77)61-22-29-83-4/h11-18,42,58,67-74H,1,7-10,19-31H2,2-6H3,(H,59,76)(H,60,75)(H,61,77)(H,62,78)(H,63,79). The van der Waals surface area contributed by atoms with Gasteiger partial charge in [-0.05, 0) is 81.1 Å². The number of methoxy groups -OCH3 is 4. The van der Waals surface area contributed by atoms with E-state index in [2.05, 4.69) is 38.5 Å². The van der Waals surface area contributed by atoms with Crippen LogP contribution in [0.3, 0.4) is 0 Å². The minimum atomic E-state index is -1.36. The molecule has 14 N–H and O–H groups in total. The van der Waals surface area contributed by atoms with Crippen molar-refractivity contribution in [2.75, 3.05) is 114 Å². The van der Waals surface area contributed by atoms with Crippen molar-refractivity contribution < 1.29 is 98.2 Å². The molecule has 4 rings (SSSR count). The maximum Gasteiger partial charge on any atom is 0.258 e. The first kappa shape index (κ1) is 68.1. The Balaban J connectivity index is 1.64. The van der Waals surface area contributed by atoms with Crippen molar-refractivity contribution >= 4 is 52.8 Å². The van der Waals surface area contributed by atoms with E-state index < -0.39 is 121 Å². The highest BCUT2D eigenvalue weighted by Crippen LogP contribution is 2.38.